The fourth-order valence-electron chi connectivity index (χ4n) is 2.13. The van der Waals surface area contributed by atoms with Gasteiger partial charge in [-0.05, 0) is 12.8 Å². The number of carbonyl (C=O) groups is 2. The molecule has 0 aromatic heterocycles. The van der Waals surface area contributed by atoms with Crippen LogP contribution in [0.2, 0.25) is 0 Å². The van der Waals surface area contributed by atoms with Crippen molar-refractivity contribution in [3.05, 3.63) is 0 Å². The summed E-state index contributed by atoms with van der Waals surface area (Å²) in [6.07, 6.45) is 1.26. The highest BCUT2D eigenvalue weighted by molar-refractivity contribution is 5.79. The van der Waals surface area contributed by atoms with E-state index in [9.17, 15) is 9.59 Å². The van der Waals surface area contributed by atoms with E-state index >= 15 is 0 Å². The van der Waals surface area contributed by atoms with Crippen molar-refractivity contribution in [2.24, 2.45) is 5.92 Å². The van der Waals surface area contributed by atoms with E-state index in [0.29, 0.717) is 19.7 Å². The number of ether oxygens (including phenoxy) is 1. The number of carboxylic acid groups (broad SMARTS) is 1. The maximum atomic E-state index is 12.1. The molecule has 1 heterocycles. The topological polar surface area (TPSA) is 66.8 Å². The number of carboxylic acids is 1. The van der Waals surface area contributed by atoms with Crippen molar-refractivity contribution < 1.29 is 19.4 Å². The highest BCUT2D eigenvalue weighted by Gasteiger charge is 2.28. The first-order chi connectivity index (χ1) is 8.08. The molecule has 1 aliphatic rings. The molecule has 1 fully saturated rings. The second-order valence-corrected chi connectivity index (χ2v) is 4.39. The van der Waals surface area contributed by atoms with Crippen LogP contribution in [0.25, 0.3) is 0 Å². The predicted molar refractivity (Wildman–Crippen MR) is 62.6 cm³/mol. The van der Waals surface area contributed by atoms with Gasteiger partial charge in [0.05, 0.1) is 19.1 Å². The standard InChI is InChI=1S/C12H21NO4/c1-3-9(4-2)12(16)13-5-6-17-10(8-13)7-11(14)15/h9-10H,3-8H2,1-2H3,(H,14,15). The summed E-state index contributed by atoms with van der Waals surface area (Å²) in [6.45, 7) is 5.42. The van der Waals surface area contributed by atoms with Gasteiger partial charge in [0.2, 0.25) is 5.91 Å². The molecule has 1 aliphatic heterocycles. The molecular formula is C12H21NO4. The third-order valence-corrected chi connectivity index (χ3v) is 3.19. The molecule has 0 bridgehead atoms. The normalized spacial score (nSPS) is 20.6. The van der Waals surface area contributed by atoms with E-state index < -0.39 is 5.97 Å². The molecule has 1 saturated heterocycles. The Morgan fingerprint density at radius 3 is 2.59 bits per heavy atom. The van der Waals surface area contributed by atoms with Gasteiger partial charge in [0.25, 0.3) is 0 Å². The molecule has 5 heteroatoms. The Labute approximate surface area is 102 Å². The average Bonchev–Trinajstić information content (AvgIpc) is 2.30. The van der Waals surface area contributed by atoms with Gasteiger partial charge in [-0.3, -0.25) is 9.59 Å². The monoisotopic (exact) mass is 243 g/mol. The first-order valence-electron chi connectivity index (χ1n) is 6.20. The second kappa shape index (κ2) is 6.59. The van der Waals surface area contributed by atoms with Crippen molar-refractivity contribution in [3.63, 3.8) is 0 Å². The van der Waals surface area contributed by atoms with Crippen molar-refractivity contribution in [2.75, 3.05) is 19.7 Å². The van der Waals surface area contributed by atoms with Crippen LogP contribution in [0.5, 0.6) is 0 Å². The number of aliphatic carboxylic acids is 1. The molecule has 0 radical (unpaired) electrons. The quantitative estimate of drug-likeness (QED) is 0.786. The van der Waals surface area contributed by atoms with Crippen LogP contribution >= 0.6 is 0 Å². The fraction of sp³-hybridized carbons (Fsp3) is 0.833. The first kappa shape index (κ1) is 14.0. The molecule has 5 nitrogen and oxygen atoms in total. The maximum absolute atomic E-state index is 12.1. The van der Waals surface area contributed by atoms with Gasteiger partial charge in [0.15, 0.2) is 0 Å². The van der Waals surface area contributed by atoms with Crippen molar-refractivity contribution in [1.29, 1.82) is 0 Å². The van der Waals surface area contributed by atoms with E-state index in [-0.39, 0.29) is 24.3 Å². The minimum atomic E-state index is -0.883. The number of rotatable bonds is 5. The summed E-state index contributed by atoms with van der Waals surface area (Å²) in [4.78, 5) is 24.5. The summed E-state index contributed by atoms with van der Waals surface area (Å²) in [6, 6.07) is 0. The molecule has 0 aliphatic carbocycles. The Balaban J connectivity index is 2.53. The van der Waals surface area contributed by atoms with Crippen molar-refractivity contribution in [3.8, 4) is 0 Å². The van der Waals surface area contributed by atoms with Crippen LogP contribution in [0.15, 0.2) is 0 Å². The Kier molecular flexibility index (Phi) is 5.41. The number of morpholine rings is 1. The number of nitrogens with zero attached hydrogens (tertiary/aromatic N) is 1. The number of hydrogen-bond acceptors (Lipinski definition) is 3. The molecule has 1 rings (SSSR count). The van der Waals surface area contributed by atoms with Gasteiger partial charge in [-0.1, -0.05) is 13.8 Å². The second-order valence-electron chi connectivity index (χ2n) is 4.39. The lowest BCUT2D eigenvalue weighted by atomic mass is 10.0. The van der Waals surface area contributed by atoms with E-state index in [1.807, 2.05) is 13.8 Å². The molecule has 0 aromatic carbocycles. The summed E-state index contributed by atoms with van der Waals surface area (Å²) in [5, 5.41) is 8.71. The molecule has 17 heavy (non-hydrogen) atoms. The molecule has 1 amide bonds. The first-order valence-corrected chi connectivity index (χ1v) is 6.20. The van der Waals surface area contributed by atoms with E-state index in [2.05, 4.69) is 0 Å². The number of hydrogen-bond donors (Lipinski definition) is 1. The molecule has 0 saturated carbocycles. The molecule has 1 unspecified atom stereocenters. The van der Waals surface area contributed by atoms with Crippen LogP contribution < -0.4 is 0 Å². The lowest BCUT2D eigenvalue weighted by Crippen LogP contribution is -2.48. The third-order valence-electron chi connectivity index (χ3n) is 3.19. The average molecular weight is 243 g/mol. The van der Waals surface area contributed by atoms with Gasteiger partial charge in [-0.2, -0.15) is 0 Å². The van der Waals surface area contributed by atoms with Gasteiger partial charge in [0.1, 0.15) is 0 Å². The van der Waals surface area contributed by atoms with Crippen LogP contribution in [-0.2, 0) is 14.3 Å². The van der Waals surface area contributed by atoms with E-state index in [4.69, 9.17) is 9.84 Å². The van der Waals surface area contributed by atoms with Crippen LogP contribution in [-0.4, -0.2) is 47.7 Å². The van der Waals surface area contributed by atoms with Gasteiger partial charge in [-0.25, -0.2) is 0 Å². The van der Waals surface area contributed by atoms with E-state index in [1.54, 1.807) is 4.90 Å². The molecule has 1 atom stereocenters. The summed E-state index contributed by atoms with van der Waals surface area (Å²) >= 11 is 0. The van der Waals surface area contributed by atoms with Crippen LogP contribution in [0, 0.1) is 5.92 Å². The maximum Gasteiger partial charge on any atom is 0.306 e. The van der Waals surface area contributed by atoms with Gasteiger partial charge >= 0.3 is 5.97 Å². The highest BCUT2D eigenvalue weighted by atomic mass is 16.5. The highest BCUT2D eigenvalue weighted by Crippen LogP contribution is 2.16. The van der Waals surface area contributed by atoms with Crippen LogP contribution in [0.3, 0.4) is 0 Å². The molecule has 0 spiro atoms. The number of amides is 1. The lowest BCUT2D eigenvalue weighted by molar-refractivity contribution is -0.150. The summed E-state index contributed by atoms with van der Waals surface area (Å²) < 4.78 is 5.34. The largest absolute Gasteiger partial charge is 0.481 e. The SMILES string of the molecule is CCC(CC)C(=O)N1CCOC(CC(=O)O)C1. The Bertz CT molecular complexity index is 276. The minimum Gasteiger partial charge on any atom is -0.481 e. The van der Waals surface area contributed by atoms with E-state index in [0.717, 1.165) is 12.8 Å². The Morgan fingerprint density at radius 1 is 1.41 bits per heavy atom. The van der Waals surface area contributed by atoms with Crippen molar-refractivity contribution in [2.45, 2.75) is 39.2 Å². The van der Waals surface area contributed by atoms with Gasteiger partial charge in [0, 0.05) is 19.0 Å². The Hall–Kier alpha value is -1.10. The zero-order chi connectivity index (χ0) is 12.8. The summed E-state index contributed by atoms with van der Waals surface area (Å²) in [7, 11) is 0. The Morgan fingerprint density at radius 2 is 2.06 bits per heavy atom. The smallest absolute Gasteiger partial charge is 0.306 e. The summed E-state index contributed by atoms with van der Waals surface area (Å²) in [5.41, 5.74) is 0. The minimum absolute atomic E-state index is 0.0350. The molecule has 1 N–H and O–H groups in total. The van der Waals surface area contributed by atoms with E-state index in [1.165, 1.54) is 0 Å². The molecule has 0 aromatic rings. The zero-order valence-electron chi connectivity index (χ0n) is 10.5. The fourth-order valence-corrected chi connectivity index (χ4v) is 2.13. The third kappa shape index (κ3) is 4.00. The van der Waals surface area contributed by atoms with Crippen LogP contribution in [0.4, 0.5) is 0 Å². The van der Waals surface area contributed by atoms with Crippen molar-refractivity contribution >= 4 is 11.9 Å². The van der Waals surface area contributed by atoms with Gasteiger partial charge < -0.3 is 14.7 Å². The molecule has 98 valence electrons. The van der Waals surface area contributed by atoms with Crippen molar-refractivity contribution in [1.82, 2.24) is 4.90 Å². The zero-order valence-corrected chi connectivity index (χ0v) is 10.5. The van der Waals surface area contributed by atoms with Crippen LogP contribution in [0.1, 0.15) is 33.1 Å². The summed E-state index contributed by atoms with van der Waals surface area (Å²) in [5.74, 6) is -0.695. The number of carbonyl (C=O) groups excluding carboxylic acids is 1. The molecular weight excluding hydrogens is 222 g/mol. The lowest BCUT2D eigenvalue weighted by Gasteiger charge is -2.34. The van der Waals surface area contributed by atoms with Gasteiger partial charge in [-0.15, -0.1) is 0 Å². The predicted octanol–water partition coefficient (Wildman–Crippen LogP) is 1.12.